The molecule has 6 nitrogen and oxygen atoms in total. The number of nitrogens with zero attached hydrogens (tertiary/aromatic N) is 2. The molecule has 2 saturated heterocycles. The van der Waals surface area contributed by atoms with Crippen molar-refractivity contribution in [2.75, 3.05) is 39.3 Å². The molecule has 1 aromatic carbocycles. The van der Waals surface area contributed by atoms with Crippen molar-refractivity contribution in [2.45, 2.75) is 25.9 Å². The highest BCUT2D eigenvalue weighted by Crippen LogP contribution is 2.12. The van der Waals surface area contributed by atoms with Crippen molar-refractivity contribution in [2.24, 2.45) is 0 Å². The fraction of sp³-hybridized carbons (Fsp3) is 0.556. The fourth-order valence-electron chi connectivity index (χ4n) is 3.35. The normalized spacial score (nSPS) is 24.8. The quantitative estimate of drug-likeness (QED) is 0.831. The summed E-state index contributed by atoms with van der Waals surface area (Å²) in [5.74, 6) is 0.0799. The van der Waals surface area contributed by atoms with E-state index in [4.69, 9.17) is 0 Å². The van der Waals surface area contributed by atoms with Gasteiger partial charge < -0.3 is 20.4 Å². The number of nitrogens with one attached hydrogen (secondary N) is 2. The molecule has 130 valence electrons. The SMILES string of the molecule is C[C@@H]1CN(C(=O)c2ccc(C(=O)N3CCN[C@H](C)C3)cc2)CCN1. The molecule has 0 aliphatic carbocycles. The summed E-state index contributed by atoms with van der Waals surface area (Å²) in [7, 11) is 0. The first-order valence-electron chi connectivity index (χ1n) is 8.70. The van der Waals surface area contributed by atoms with Crippen molar-refractivity contribution >= 4 is 11.8 Å². The molecule has 2 aliphatic rings. The second-order valence-corrected chi connectivity index (χ2v) is 6.79. The lowest BCUT2D eigenvalue weighted by Gasteiger charge is -2.32. The molecule has 2 atom stereocenters. The van der Waals surface area contributed by atoms with Crippen molar-refractivity contribution < 1.29 is 9.59 Å². The summed E-state index contributed by atoms with van der Waals surface area (Å²) in [4.78, 5) is 28.9. The summed E-state index contributed by atoms with van der Waals surface area (Å²) >= 11 is 0. The number of amides is 2. The lowest BCUT2D eigenvalue weighted by molar-refractivity contribution is 0.0698. The molecule has 0 spiro atoms. The Balaban J connectivity index is 1.66. The zero-order valence-corrected chi connectivity index (χ0v) is 14.4. The van der Waals surface area contributed by atoms with Gasteiger partial charge in [0.25, 0.3) is 11.8 Å². The maximum Gasteiger partial charge on any atom is 0.253 e. The minimum absolute atomic E-state index is 0.0399. The molecule has 2 N–H and O–H groups in total. The van der Waals surface area contributed by atoms with Crippen LogP contribution in [-0.2, 0) is 0 Å². The van der Waals surface area contributed by atoms with Crippen LogP contribution in [0.5, 0.6) is 0 Å². The Bertz CT molecular complexity index is 549. The Morgan fingerprint density at radius 3 is 1.54 bits per heavy atom. The topological polar surface area (TPSA) is 64.7 Å². The average Bonchev–Trinajstić information content (AvgIpc) is 2.60. The highest BCUT2D eigenvalue weighted by atomic mass is 16.2. The predicted molar refractivity (Wildman–Crippen MR) is 93.2 cm³/mol. The average molecular weight is 330 g/mol. The third kappa shape index (κ3) is 3.76. The van der Waals surface area contributed by atoms with Gasteiger partial charge in [0.05, 0.1) is 0 Å². The van der Waals surface area contributed by atoms with Crippen LogP contribution in [0.25, 0.3) is 0 Å². The highest BCUT2D eigenvalue weighted by Gasteiger charge is 2.24. The highest BCUT2D eigenvalue weighted by molar-refractivity contribution is 5.98. The van der Waals surface area contributed by atoms with Crippen LogP contribution >= 0.6 is 0 Å². The van der Waals surface area contributed by atoms with E-state index in [2.05, 4.69) is 24.5 Å². The maximum absolute atomic E-state index is 12.6. The molecule has 2 fully saturated rings. The molecule has 2 aliphatic heterocycles. The van der Waals surface area contributed by atoms with Gasteiger partial charge in [-0.05, 0) is 38.1 Å². The molecule has 0 saturated carbocycles. The minimum Gasteiger partial charge on any atom is -0.336 e. The van der Waals surface area contributed by atoms with Crippen LogP contribution in [0.3, 0.4) is 0 Å². The molecule has 0 bridgehead atoms. The fourth-order valence-corrected chi connectivity index (χ4v) is 3.35. The van der Waals surface area contributed by atoms with Crippen molar-refractivity contribution in [1.82, 2.24) is 20.4 Å². The largest absolute Gasteiger partial charge is 0.336 e. The number of hydrogen-bond acceptors (Lipinski definition) is 4. The van der Waals surface area contributed by atoms with E-state index in [0.717, 1.165) is 39.3 Å². The number of piperazine rings is 2. The zero-order chi connectivity index (χ0) is 17.1. The van der Waals surface area contributed by atoms with Gasteiger partial charge in [-0.25, -0.2) is 0 Å². The summed E-state index contributed by atoms with van der Waals surface area (Å²) in [6, 6.07) is 7.72. The smallest absolute Gasteiger partial charge is 0.253 e. The first kappa shape index (κ1) is 16.9. The lowest BCUT2D eigenvalue weighted by Crippen LogP contribution is -2.51. The van der Waals surface area contributed by atoms with Crippen molar-refractivity contribution in [3.63, 3.8) is 0 Å². The third-order valence-corrected chi connectivity index (χ3v) is 4.69. The van der Waals surface area contributed by atoms with Gasteiger partial charge in [0.15, 0.2) is 0 Å². The maximum atomic E-state index is 12.6. The van der Waals surface area contributed by atoms with Gasteiger partial charge in [0.2, 0.25) is 0 Å². The summed E-state index contributed by atoms with van der Waals surface area (Å²) in [5, 5.41) is 6.67. The van der Waals surface area contributed by atoms with Crippen LogP contribution < -0.4 is 10.6 Å². The number of benzene rings is 1. The molecule has 1 aromatic rings. The lowest BCUT2D eigenvalue weighted by atomic mass is 10.1. The van der Waals surface area contributed by atoms with Crippen molar-refractivity contribution in [1.29, 1.82) is 0 Å². The van der Waals surface area contributed by atoms with Crippen LogP contribution in [0, 0.1) is 0 Å². The summed E-state index contributed by atoms with van der Waals surface area (Å²) in [6.07, 6.45) is 0. The minimum atomic E-state index is 0.0399. The molecule has 0 unspecified atom stereocenters. The van der Waals surface area contributed by atoms with E-state index in [0.29, 0.717) is 23.2 Å². The number of carbonyl (C=O) groups is 2. The first-order valence-corrected chi connectivity index (χ1v) is 8.70. The summed E-state index contributed by atoms with van der Waals surface area (Å²) in [5.41, 5.74) is 1.30. The van der Waals surface area contributed by atoms with Crippen LogP contribution in [0.2, 0.25) is 0 Å². The molecule has 2 heterocycles. The number of carbonyl (C=O) groups excluding carboxylic acids is 2. The van der Waals surface area contributed by atoms with Gasteiger partial charge in [-0.3, -0.25) is 9.59 Å². The summed E-state index contributed by atoms with van der Waals surface area (Å²) < 4.78 is 0. The van der Waals surface area contributed by atoms with Crippen LogP contribution in [0.15, 0.2) is 24.3 Å². The Hall–Kier alpha value is -1.92. The molecule has 24 heavy (non-hydrogen) atoms. The molecule has 0 radical (unpaired) electrons. The molecular weight excluding hydrogens is 304 g/mol. The number of hydrogen-bond donors (Lipinski definition) is 2. The van der Waals surface area contributed by atoms with Crippen molar-refractivity contribution in [3.05, 3.63) is 35.4 Å². The van der Waals surface area contributed by atoms with Crippen LogP contribution in [0.4, 0.5) is 0 Å². The van der Waals surface area contributed by atoms with E-state index in [1.54, 1.807) is 24.3 Å². The standard InChI is InChI=1S/C18H26N4O2/c1-13-11-21(9-7-19-13)17(23)15-3-5-16(6-4-15)18(24)22-10-8-20-14(2)12-22/h3-6,13-14,19-20H,7-12H2,1-2H3/t13-,14-/m1/s1. The van der Waals surface area contributed by atoms with Gasteiger partial charge in [0.1, 0.15) is 0 Å². The van der Waals surface area contributed by atoms with E-state index in [9.17, 15) is 9.59 Å². The molecule has 3 rings (SSSR count). The van der Waals surface area contributed by atoms with Crippen molar-refractivity contribution in [3.8, 4) is 0 Å². The Kier molecular flexibility index (Phi) is 5.16. The molecular formula is C18H26N4O2. The van der Waals surface area contributed by atoms with Gasteiger partial charge in [-0.1, -0.05) is 0 Å². The molecule has 0 aromatic heterocycles. The Labute approximate surface area is 143 Å². The van der Waals surface area contributed by atoms with Gasteiger partial charge >= 0.3 is 0 Å². The van der Waals surface area contributed by atoms with Crippen LogP contribution in [-0.4, -0.2) is 73.0 Å². The predicted octanol–water partition coefficient (Wildman–Crippen LogP) is 0.554. The van der Waals surface area contributed by atoms with E-state index >= 15 is 0 Å². The zero-order valence-electron chi connectivity index (χ0n) is 14.4. The van der Waals surface area contributed by atoms with E-state index in [1.165, 1.54) is 0 Å². The second kappa shape index (κ2) is 7.32. The van der Waals surface area contributed by atoms with Gasteiger partial charge in [0, 0.05) is 62.5 Å². The van der Waals surface area contributed by atoms with Gasteiger partial charge in [-0.2, -0.15) is 0 Å². The van der Waals surface area contributed by atoms with Gasteiger partial charge in [-0.15, -0.1) is 0 Å². The number of rotatable bonds is 2. The molecule has 2 amide bonds. The van der Waals surface area contributed by atoms with Crippen LogP contribution in [0.1, 0.15) is 34.6 Å². The summed E-state index contributed by atoms with van der Waals surface area (Å²) in [6.45, 7) is 8.70. The van der Waals surface area contributed by atoms with E-state index in [1.807, 2.05) is 9.80 Å². The second-order valence-electron chi connectivity index (χ2n) is 6.79. The monoisotopic (exact) mass is 330 g/mol. The van der Waals surface area contributed by atoms with E-state index in [-0.39, 0.29) is 11.8 Å². The molecule has 6 heteroatoms. The first-order chi connectivity index (χ1) is 11.5. The Morgan fingerprint density at radius 2 is 1.21 bits per heavy atom. The van der Waals surface area contributed by atoms with E-state index < -0.39 is 0 Å². The third-order valence-electron chi connectivity index (χ3n) is 4.69. The Morgan fingerprint density at radius 1 is 0.833 bits per heavy atom.